The summed E-state index contributed by atoms with van der Waals surface area (Å²) in [5.74, 6) is 0.686. The number of para-hydroxylation sites is 1. The number of carbonyl (C=O) groups is 1. The van der Waals surface area contributed by atoms with E-state index in [0.717, 1.165) is 28.5 Å². The van der Waals surface area contributed by atoms with Crippen LogP contribution >= 0.6 is 11.8 Å². The minimum absolute atomic E-state index is 0.241. The highest BCUT2D eigenvalue weighted by Gasteiger charge is 2.23. The van der Waals surface area contributed by atoms with Gasteiger partial charge in [-0.25, -0.2) is 4.98 Å². The number of H-pyrrole nitrogens is 1. The lowest BCUT2D eigenvalue weighted by molar-refractivity contribution is 0.100. The predicted octanol–water partition coefficient (Wildman–Crippen LogP) is 3.31. The first-order valence-electron chi connectivity index (χ1n) is 7.33. The third kappa shape index (κ3) is 2.61. The Morgan fingerprint density at radius 2 is 2.09 bits per heavy atom. The van der Waals surface area contributed by atoms with E-state index >= 15 is 0 Å². The molecule has 1 amide bonds. The van der Waals surface area contributed by atoms with Crippen LogP contribution < -0.4 is 4.90 Å². The van der Waals surface area contributed by atoms with Gasteiger partial charge in [0.25, 0.3) is 5.91 Å². The number of aromatic amines is 1. The van der Waals surface area contributed by atoms with Gasteiger partial charge in [0.15, 0.2) is 5.17 Å². The van der Waals surface area contributed by atoms with Gasteiger partial charge < -0.3 is 9.88 Å². The Kier molecular flexibility index (Phi) is 3.59. The normalized spacial score (nSPS) is 16.3. The van der Waals surface area contributed by atoms with E-state index < -0.39 is 0 Å². The molecule has 114 valence electrons. The smallest absolute Gasteiger partial charge is 0.281 e. The van der Waals surface area contributed by atoms with Crippen LogP contribution in [0.15, 0.2) is 59.9 Å². The van der Waals surface area contributed by atoms with Gasteiger partial charge in [-0.2, -0.15) is 4.99 Å². The number of aromatic nitrogens is 2. The Hall–Kier alpha value is -2.60. The third-order valence-electron chi connectivity index (χ3n) is 3.72. The van der Waals surface area contributed by atoms with Gasteiger partial charge in [0.1, 0.15) is 5.65 Å². The molecule has 6 heteroatoms. The molecule has 1 N–H and O–H groups in total. The molecule has 2 aromatic heterocycles. The number of thioether (sulfide) groups is 1. The summed E-state index contributed by atoms with van der Waals surface area (Å²) in [6.45, 7) is 0.857. The van der Waals surface area contributed by atoms with Crippen molar-refractivity contribution >= 4 is 39.6 Å². The van der Waals surface area contributed by atoms with Crippen molar-refractivity contribution < 1.29 is 4.79 Å². The molecule has 0 bridgehead atoms. The van der Waals surface area contributed by atoms with Crippen molar-refractivity contribution in [1.82, 2.24) is 9.97 Å². The first-order valence-corrected chi connectivity index (χ1v) is 8.32. The first kappa shape index (κ1) is 14.0. The Morgan fingerprint density at radius 1 is 1.22 bits per heavy atom. The lowest BCUT2D eigenvalue weighted by Gasteiger charge is -2.17. The number of aliphatic imine (C=N–C) groups is 1. The van der Waals surface area contributed by atoms with Crippen LogP contribution in [0.5, 0.6) is 0 Å². The number of fused-ring (bicyclic) bond motifs is 1. The average Bonchev–Trinajstić information content (AvgIpc) is 3.22. The number of hydrogen-bond donors (Lipinski definition) is 1. The summed E-state index contributed by atoms with van der Waals surface area (Å²) in [6.07, 6.45) is 3.37. The standard InChI is InChI=1S/C17H14N4OS/c22-16(14-11-19-15-13(14)7-4-8-18-15)20-17-21(9-10-23-17)12-5-2-1-3-6-12/h1-8,11H,9-10H2,(H,18,19)/b20-17-. The summed E-state index contributed by atoms with van der Waals surface area (Å²) in [5.41, 5.74) is 2.32. The Bertz CT molecular complexity index is 888. The molecule has 0 atom stereocenters. The molecular weight excluding hydrogens is 308 g/mol. The molecule has 0 radical (unpaired) electrons. The number of benzene rings is 1. The van der Waals surface area contributed by atoms with Crippen molar-refractivity contribution in [2.75, 3.05) is 17.2 Å². The third-order valence-corrected chi connectivity index (χ3v) is 4.68. The number of amides is 1. The zero-order valence-electron chi connectivity index (χ0n) is 12.3. The van der Waals surface area contributed by atoms with E-state index in [1.807, 2.05) is 42.5 Å². The molecule has 23 heavy (non-hydrogen) atoms. The molecular formula is C17H14N4OS. The number of nitrogens with one attached hydrogen (secondary N) is 1. The van der Waals surface area contributed by atoms with Gasteiger partial charge in [-0.15, -0.1) is 0 Å². The van der Waals surface area contributed by atoms with E-state index in [9.17, 15) is 4.79 Å². The van der Waals surface area contributed by atoms with Crippen LogP contribution in [0.4, 0.5) is 5.69 Å². The number of amidine groups is 1. The Balaban J connectivity index is 1.67. The van der Waals surface area contributed by atoms with Crippen molar-refractivity contribution in [2.45, 2.75) is 0 Å². The lowest BCUT2D eigenvalue weighted by atomic mass is 10.2. The Morgan fingerprint density at radius 3 is 2.96 bits per heavy atom. The van der Waals surface area contributed by atoms with E-state index in [0.29, 0.717) is 11.2 Å². The van der Waals surface area contributed by atoms with E-state index in [1.165, 1.54) is 0 Å². The number of nitrogens with zero attached hydrogens (tertiary/aromatic N) is 3. The summed E-state index contributed by atoms with van der Waals surface area (Å²) in [5, 5.41) is 1.55. The fourth-order valence-corrected chi connectivity index (χ4v) is 3.58. The molecule has 0 unspecified atom stereocenters. The summed E-state index contributed by atoms with van der Waals surface area (Å²) in [7, 11) is 0. The van der Waals surface area contributed by atoms with Crippen molar-refractivity contribution in [2.24, 2.45) is 4.99 Å². The van der Waals surface area contributed by atoms with Gasteiger partial charge >= 0.3 is 0 Å². The summed E-state index contributed by atoms with van der Waals surface area (Å²) in [4.78, 5) is 26.2. The minimum Gasteiger partial charge on any atom is -0.345 e. The number of anilines is 1. The molecule has 3 heterocycles. The fourth-order valence-electron chi connectivity index (χ4n) is 2.62. The average molecular weight is 322 g/mol. The Labute approximate surface area is 137 Å². The van der Waals surface area contributed by atoms with Crippen LogP contribution in [-0.4, -0.2) is 33.3 Å². The molecule has 5 nitrogen and oxygen atoms in total. The van der Waals surface area contributed by atoms with E-state index in [2.05, 4.69) is 19.9 Å². The minimum atomic E-state index is -0.241. The molecule has 4 rings (SSSR count). The van der Waals surface area contributed by atoms with Gasteiger partial charge in [-0.05, 0) is 24.3 Å². The van der Waals surface area contributed by atoms with Crippen LogP contribution in [0.1, 0.15) is 10.4 Å². The molecule has 1 aromatic carbocycles. The molecule has 0 spiro atoms. The maximum Gasteiger partial charge on any atom is 0.281 e. The van der Waals surface area contributed by atoms with E-state index in [4.69, 9.17) is 0 Å². The van der Waals surface area contributed by atoms with Gasteiger partial charge in [0, 0.05) is 35.8 Å². The highest BCUT2D eigenvalue weighted by atomic mass is 32.2. The van der Waals surface area contributed by atoms with Crippen molar-refractivity contribution in [3.8, 4) is 0 Å². The van der Waals surface area contributed by atoms with Crippen LogP contribution in [0, 0.1) is 0 Å². The van der Waals surface area contributed by atoms with Gasteiger partial charge in [0.05, 0.1) is 5.56 Å². The zero-order valence-corrected chi connectivity index (χ0v) is 13.1. The molecule has 1 fully saturated rings. The summed E-state index contributed by atoms with van der Waals surface area (Å²) >= 11 is 1.61. The molecule has 3 aromatic rings. The van der Waals surface area contributed by atoms with Gasteiger partial charge in [-0.1, -0.05) is 30.0 Å². The highest BCUT2D eigenvalue weighted by Crippen LogP contribution is 2.26. The molecule has 0 aliphatic carbocycles. The molecule has 1 aliphatic heterocycles. The number of rotatable bonds is 2. The number of pyridine rings is 1. The molecule has 0 saturated carbocycles. The zero-order chi connectivity index (χ0) is 15.6. The second-order valence-electron chi connectivity index (χ2n) is 5.14. The number of hydrogen-bond acceptors (Lipinski definition) is 3. The van der Waals surface area contributed by atoms with Gasteiger partial charge in [-0.3, -0.25) is 4.79 Å². The van der Waals surface area contributed by atoms with Crippen molar-refractivity contribution in [3.05, 3.63) is 60.4 Å². The fraction of sp³-hybridized carbons (Fsp3) is 0.118. The monoisotopic (exact) mass is 322 g/mol. The predicted molar refractivity (Wildman–Crippen MR) is 94.1 cm³/mol. The summed E-state index contributed by atoms with van der Waals surface area (Å²) in [6, 6.07) is 13.7. The lowest BCUT2D eigenvalue weighted by Crippen LogP contribution is -2.24. The number of carbonyl (C=O) groups excluding carboxylic acids is 1. The maximum atomic E-state index is 12.6. The molecule has 1 saturated heterocycles. The van der Waals surface area contributed by atoms with Gasteiger partial charge in [0.2, 0.25) is 0 Å². The van der Waals surface area contributed by atoms with Crippen LogP contribution in [-0.2, 0) is 0 Å². The van der Waals surface area contributed by atoms with Crippen LogP contribution in [0.25, 0.3) is 11.0 Å². The van der Waals surface area contributed by atoms with Crippen molar-refractivity contribution in [3.63, 3.8) is 0 Å². The first-order chi connectivity index (χ1) is 11.3. The van der Waals surface area contributed by atoms with Crippen molar-refractivity contribution in [1.29, 1.82) is 0 Å². The summed E-state index contributed by atoms with van der Waals surface area (Å²) < 4.78 is 0. The van der Waals surface area contributed by atoms with Crippen LogP contribution in [0.2, 0.25) is 0 Å². The van der Waals surface area contributed by atoms with Crippen LogP contribution in [0.3, 0.4) is 0 Å². The van der Waals surface area contributed by atoms with E-state index in [1.54, 1.807) is 24.2 Å². The topological polar surface area (TPSA) is 61.4 Å². The van der Waals surface area contributed by atoms with E-state index in [-0.39, 0.29) is 5.91 Å². The highest BCUT2D eigenvalue weighted by molar-refractivity contribution is 8.14. The quantitative estimate of drug-likeness (QED) is 0.786. The second-order valence-corrected chi connectivity index (χ2v) is 6.20. The second kappa shape index (κ2) is 5.89. The SMILES string of the molecule is O=C(/N=C1\SCCN1c1ccccc1)c1c[nH]c2ncccc12. The maximum absolute atomic E-state index is 12.6. The molecule has 1 aliphatic rings. The largest absolute Gasteiger partial charge is 0.345 e.